The van der Waals surface area contributed by atoms with Crippen molar-refractivity contribution < 1.29 is 0 Å². The van der Waals surface area contributed by atoms with E-state index in [1.54, 1.807) is 18.5 Å². The summed E-state index contributed by atoms with van der Waals surface area (Å²) in [4.78, 5) is 12.2. The Bertz CT molecular complexity index is 420. The fourth-order valence-corrected chi connectivity index (χ4v) is 1.06. The maximum Gasteiger partial charge on any atom is 0.197 e. The molecule has 0 aliphatic rings. The number of nitrogen functional groups attached to an aromatic ring is 1. The van der Waals surface area contributed by atoms with Crippen molar-refractivity contribution in [1.82, 2.24) is 19.5 Å². The second kappa shape index (κ2) is 2.85. The van der Waals surface area contributed by atoms with Crippen molar-refractivity contribution in [3.63, 3.8) is 0 Å². The van der Waals surface area contributed by atoms with Gasteiger partial charge in [0.15, 0.2) is 11.6 Å². The molecule has 0 aliphatic carbocycles. The molecule has 2 aromatic rings. The van der Waals surface area contributed by atoms with Crippen molar-refractivity contribution >= 4 is 5.82 Å². The highest BCUT2D eigenvalue weighted by Gasteiger charge is 2.05. The smallest absolute Gasteiger partial charge is 0.197 e. The molecule has 0 atom stereocenters. The first kappa shape index (κ1) is 7.72. The van der Waals surface area contributed by atoms with E-state index in [1.165, 1.54) is 0 Å². The Balaban J connectivity index is 2.53. The molecule has 0 unspecified atom stereocenters. The Labute approximate surface area is 75.3 Å². The van der Waals surface area contributed by atoms with Crippen molar-refractivity contribution in [2.75, 3.05) is 5.73 Å². The van der Waals surface area contributed by atoms with Gasteiger partial charge in [-0.3, -0.25) is 0 Å². The molecule has 5 nitrogen and oxygen atoms in total. The molecule has 0 aromatic carbocycles. The highest BCUT2D eigenvalue weighted by molar-refractivity contribution is 5.46. The number of aryl methyl sites for hydroxylation is 1. The standard InChI is InChI=1S/C8H9N5/c1-13-5-4-11-8(13)7-10-3-2-6(9)12-7/h2-5H,1H3,(H2,9,10,12). The Morgan fingerprint density at radius 1 is 1.31 bits per heavy atom. The van der Waals surface area contributed by atoms with Crippen LogP contribution >= 0.6 is 0 Å². The van der Waals surface area contributed by atoms with Crippen LogP contribution in [-0.2, 0) is 7.05 Å². The Morgan fingerprint density at radius 3 is 2.77 bits per heavy atom. The van der Waals surface area contributed by atoms with Gasteiger partial charge in [0.1, 0.15) is 5.82 Å². The average Bonchev–Trinajstić information content (AvgIpc) is 2.51. The lowest BCUT2D eigenvalue weighted by Gasteiger charge is -1.99. The summed E-state index contributed by atoms with van der Waals surface area (Å²) in [5.74, 6) is 1.72. The van der Waals surface area contributed by atoms with Crippen molar-refractivity contribution in [2.45, 2.75) is 0 Å². The Morgan fingerprint density at radius 2 is 2.15 bits per heavy atom. The predicted molar refractivity (Wildman–Crippen MR) is 48.6 cm³/mol. The molecule has 0 bridgehead atoms. The predicted octanol–water partition coefficient (Wildman–Crippen LogP) is 0.459. The van der Waals surface area contributed by atoms with Crippen LogP contribution in [0.3, 0.4) is 0 Å². The molecular weight excluding hydrogens is 166 g/mol. The van der Waals surface area contributed by atoms with Gasteiger partial charge in [0.05, 0.1) is 0 Å². The number of hydrogen-bond acceptors (Lipinski definition) is 4. The van der Waals surface area contributed by atoms with Crippen molar-refractivity contribution in [3.05, 3.63) is 24.7 Å². The van der Waals surface area contributed by atoms with Gasteiger partial charge in [-0.25, -0.2) is 15.0 Å². The van der Waals surface area contributed by atoms with Crippen LogP contribution in [0.2, 0.25) is 0 Å². The molecule has 0 fully saturated rings. The van der Waals surface area contributed by atoms with Crippen molar-refractivity contribution in [2.24, 2.45) is 7.05 Å². The van der Waals surface area contributed by atoms with E-state index in [0.29, 0.717) is 17.5 Å². The molecule has 2 heterocycles. The molecule has 13 heavy (non-hydrogen) atoms. The summed E-state index contributed by atoms with van der Waals surface area (Å²) in [5, 5.41) is 0. The van der Waals surface area contributed by atoms with E-state index in [0.717, 1.165) is 0 Å². The van der Waals surface area contributed by atoms with Crippen LogP contribution in [0.4, 0.5) is 5.82 Å². The SMILES string of the molecule is Cn1ccnc1-c1nccc(N)n1. The van der Waals surface area contributed by atoms with Crippen molar-refractivity contribution in [3.8, 4) is 11.6 Å². The van der Waals surface area contributed by atoms with Gasteiger partial charge in [0.2, 0.25) is 0 Å². The molecule has 0 saturated carbocycles. The first-order valence-corrected chi connectivity index (χ1v) is 3.83. The fourth-order valence-electron chi connectivity index (χ4n) is 1.06. The van der Waals surface area contributed by atoms with Crippen LogP contribution in [0, 0.1) is 0 Å². The highest BCUT2D eigenvalue weighted by atomic mass is 15.1. The summed E-state index contributed by atoms with van der Waals surface area (Å²) in [6.07, 6.45) is 5.15. The number of rotatable bonds is 1. The van der Waals surface area contributed by atoms with Gasteiger partial charge in [-0.05, 0) is 6.07 Å². The van der Waals surface area contributed by atoms with Crippen LogP contribution < -0.4 is 5.73 Å². The van der Waals surface area contributed by atoms with E-state index in [1.807, 2.05) is 17.8 Å². The first-order valence-electron chi connectivity index (χ1n) is 3.83. The van der Waals surface area contributed by atoms with Crippen LogP contribution in [0.15, 0.2) is 24.7 Å². The summed E-state index contributed by atoms with van der Waals surface area (Å²) < 4.78 is 1.84. The minimum Gasteiger partial charge on any atom is -0.384 e. The Kier molecular flexibility index (Phi) is 1.70. The van der Waals surface area contributed by atoms with Gasteiger partial charge in [0.25, 0.3) is 0 Å². The molecule has 0 saturated heterocycles. The van der Waals surface area contributed by atoms with Gasteiger partial charge >= 0.3 is 0 Å². The van der Waals surface area contributed by atoms with Crippen LogP contribution in [0.25, 0.3) is 11.6 Å². The van der Waals surface area contributed by atoms with Gasteiger partial charge in [-0.1, -0.05) is 0 Å². The van der Waals surface area contributed by atoms with E-state index in [4.69, 9.17) is 5.73 Å². The third-order valence-electron chi connectivity index (χ3n) is 1.70. The normalized spacial score (nSPS) is 10.2. The number of nitrogens with zero attached hydrogens (tertiary/aromatic N) is 4. The molecule has 0 spiro atoms. The van der Waals surface area contributed by atoms with Crippen molar-refractivity contribution in [1.29, 1.82) is 0 Å². The molecule has 5 heteroatoms. The molecule has 2 aromatic heterocycles. The summed E-state index contributed by atoms with van der Waals surface area (Å²) in [6.45, 7) is 0. The molecule has 66 valence electrons. The summed E-state index contributed by atoms with van der Waals surface area (Å²) in [5.41, 5.74) is 5.53. The first-order chi connectivity index (χ1) is 6.27. The maximum absolute atomic E-state index is 5.53. The molecule has 2 rings (SSSR count). The Hall–Kier alpha value is -1.91. The number of hydrogen-bond donors (Lipinski definition) is 1. The molecule has 0 radical (unpaired) electrons. The monoisotopic (exact) mass is 175 g/mol. The molecule has 0 amide bonds. The van der Waals surface area contributed by atoms with Crippen LogP contribution in [-0.4, -0.2) is 19.5 Å². The lowest BCUT2D eigenvalue weighted by atomic mass is 10.5. The largest absolute Gasteiger partial charge is 0.384 e. The zero-order valence-electron chi connectivity index (χ0n) is 7.18. The lowest BCUT2D eigenvalue weighted by molar-refractivity contribution is 0.907. The zero-order chi connectivity index (χ0) is 9.26. The molecular formula is C8H9N5. The van der Waals surface area contributed by atoms with E-state index >= 15 is 0 Å². The lowest BCUT2D eigenvalue weighted by Crippen LogP contribution is -1.99. The second-order valence-electron chi connectivity index (χ2n) is 2.67. The molecule has 0 aliphatic heterocycles. The molecule has 2 N–H and O–H groups in total. The summed E-state index contributed by atoms with van der Waals surface area (Å²) in [6, 6.07) is 1.65. The number of nitrogens with two attached hydrogens (primary N) is 1. The topological polar surface area (TPSA) is 69.6 Å². The van der Waals surface area contributed by atoms with Crippen LogP contribution in [0.5, 0.6) is 0 Å². The fraction of sp³-hybridized carbons (Fsp3) is 0.125. The highest BCUT2D eigenvalue weighted by Crippen LogP contribution is 2.10. The number of anilines is 1. The van der Waals surface area contributed by atoms with E-state index in [-0.39, 0.29) is 0 Å². The third kappa shape index (κ3) is 1.35. The third-order valence-corrected chi connectivity index (χ3v) is 1.70. The number of aromatic nitrogens is 4. The van der Waals surface area contributed by atoms with E-state index < -0.39 is 0 Å². The average molecular weight is 175 g/mol. The zero-order valence-corrected chi connectivity index (χ0v) is 7.18. The minimum absolute atomic E-state index is 0.452. The summed E-state index contributed by atoms with van der Waals surface area (Å²) >= 11 is 0. The van der Waals surface area contributed by atoms with Crippen LogP contribution in [0.1, 0.15) is 0 Å². The van der Waals surface area contributed by atoms with E-state index in [9.17, 15) is 0 Å². The van der Waals surface area contributed by atoms with Gasteiger partial charge in [0, 0.05) is 25.6 Å². The minimum atomic E-state index is 0.452. The van der Waals surface area contributed by atoms with Gasteiger partial charge < -0.3 is 10.3 Å². The van der Waals surface area contributed by atoms with Gasteiger partial charge in [-0.2, -0.15) is 0 Å². The van der Waals surface area contributed by atoms with E-state index in [2.05, 4.69) is 15.0 Å². The van der Waals surface area contributed by atoms with Gasteiger partial charge in [-0.15, -0.1) is 0 Å². The maximum atomic E-state index is 5.53. The quantitative estimate of drug-likeness (QED) is 0.683. The second-order valence-corrected chi connectivity index (χ2v) is 2.67. The summed E-state index contributed by atoms with van der Waals surface area (Å²) in [7, 11) is 1.88. The number of imidazole rings is 1.